The van der Waals surface area contributed by atoms with Crippen LogP contribution in [0.15, 0.2) is 30.3 Å². The molecule has 100 valence electrons. The number of urea groups is 1. The van der Waals surface area contributed by atoms with Gasteiger partial charge in [0.25, 0.3) is 0 Å². The van der Waals surface area contributed by atoms with Crippen LogP contribution in [0.4, 0.5) is 4.79 Å². The average molecular weight is 262 g/mol. The number of ether oxygens (including phenoxy) is 1. The lowest BCUT2D eigenvalue weighted by Crippen LogP contribution is -2.53. The molecule has 0 aromatic heterocycles. The number of nitrogens with zero attached hydrogens (tertiary/aromatic N) is 1. The Balaban J connectivity index is 1.75. The Morgan fingerprint density at radius 2 is 1.89 bits per heavy atom. The van der Waals surface area contributed by atoms with Gasteiger partial charge in [0.15, 0.2) is 0 Å². The molecule has 1 aliphatic rings. The Bertz CT molecular complexity index is 467. The molecule has 0 bridgehead atoms. The molecule has 6 heteroatoms. The smallest absolute Gasteiger partial charge is 0.330 e. The second kappa shape index (κ2) is 5.99. The summed E-state index contributed by atoms with van der Waals surface area (Å²) in [6.07, 6.45) is 0.244. The highest BCUT2D eigenvalue weighted by Crippen LogP contribution is 2.09. The largest absolute Gasteiger partial charge is 0.494 e. The van der Waals surface area contributed by atoms with Gasteiger partial charge in [-0.3, -0.25) is 19.8 Å². The Morgan fingerprint density at radius 3 is 2.58 bits per heavy atom. The normalized spacial score (nSPS) is 15.4. The summed E-state index contributed by atoms with van der Waals surface area (Å²) < 4.78 is 5.45. The standard InChI is InChI=1S/C13H14N2O4/c16-11-9-12(17)15(13(18)14-11)7-4-8-19-10-5-2-1-3-6-10/h1-3,5-6H,4,7-9H2,(H,14,16,18). The van der Waals surface area contributed by atoms with Crippen LogP contribution >= 0.6 is 0 Å². The van der Waals surface area contributed by atoms with E-state index in [1.165, 1.54) is 0 Å². The highest BCUT2D eigenvalue weighted by molar-refractivity contribution is 6.14. The molecule has 0 saturated carbocycles. The number of carbonyl (C=O) groups excluding carboxylic acids is 3. The molecule has 0 radical (unpaired) electrons. The molecule has 0 spiro atoms. The molecule has 1 fully saturated rings. The van der Waals surface area contributed by atoms with Crippen LogP contribution in [0, 0.1) is 0 Å². The van der Waals surface area contributed by atoms with Crippen LogP contribution in [0.25, 0.3) is 0 Å². The summed E-state index contributed by atoms with van der Waals surface area (Å²) >= 11 is 0. The van der Waals surface area contributed by atoms with E-state index < -0.39 is 17.8 Å². The van der Waals surface area contributed by atoms with E-state index in [0.29, 0.717) is 13.0 Å². The van der Waals surface area contributed by atoms with E-state index in [1.54, 1.807) is 0 Å². The predicted molar refractivity (Wildman–Crippen MR) is 66.4 cm³/mol. The Labute approximate surface area is 110 Å². The van der Waals surface area contributed by atoms with Gasteiger partial charge in [-0.15, -0.1) is 0 Å². The summed E-state index contributed by atoms with van der Waals surface area (Å²) in [5, 5.41) is 2.10. The van der Waals surface area contributed by atoms with Gasteiger partial charge >= 0.3 is 6.03 Å². The minimum atomic E-state index is -0.652. The predicted octanol–water partition coefficient (Wildman–Crippen LogP) is 0.924. The van der Waals surface area contributed by atoms with E-state index in [4.69, 9.17) is 4.74 Å². The van der Waals surface area contributed by atoms with Crippen molar-refractivity contribution in [2.24, 2.45) is 0 Å². The van der Waals surface area contributed by atoms with Crippen molar-refractivity contribution in [3.8, 4) is 5.75 Å². The lowest BCUT2D eigenvalue weighted by Gasteiger charge is -2.24. The molecule has 0 unspecified atom stereocenters. The first-order chi connectivity index (χ1) is 9.16. The molecule has 0 aliphatic carbocycles. The molecular weight excluding hydrogens is 248 g/mol. The van der Waals surface area contributed by atoms with E-state index in [9.17, 15) is 14.4 Å². The molecule has 1 aromatic rings. The number of hydrogen-bond donors (Lipinski definition) is 1. The Morgan fingerprint density at radius 1 is 1.16 bits per heavy atom. The molecule has 0 atom stereocenters. The maximum absolute atomic E-state index is 11.5. The first-order valence-corrected chi connectivity index (χ1v) is 5.99. The summed E-state index contributed by atoms with van der Waals surface area (Å²) in [4.78, 5) is 34.9. The number of imide groups is 2. The van der Waals surface area contributed by atoms with Crippen molar-refractivity contribution in [3.05, 3.63) is 30.3 Å². The van der Waals surface area contributed by atoms with Gasteiger partial charge in [-0.25, -0.2) is 4.79 Å². The van der Waals surface area contributed by atoms with Crippen LogP contribution in [0.3, 0.4) is 0 Å². The summed E-state index contributed by atoms with van der Waals surface area (Å²) in [6.45, 7) is 0.639. The molecule has 1 N–H and O–H groups in total. The van der Waals surface area contributed by atoms with E-state index >= 15 is 0 Å². The molecule has 1 aliphatic heterocycles. The number of rotatable bonds is 5. The fourth-order valence-electron chi connectivity index (χ4n) is 1.73. The zero-order chi connectivity index (χ0) is 13.7. The molecule has 19 heavy (non-hydrogen) atoms. The van der Waals surface area contributed by atoms with E-state index in [2.05, 4.69) is 5.32 Å². The van der Waals surface area contributed by atoms with Gasteiger partial charge < -0.3 is 4.74 Å². The van der Waals surface area contributed by atoms with Gasteiger partial charge in [-0.2, -0.15) is 0 Å². The third-order valence-corrected chi connectivity index (χ3v) is 2.64. The van der Waals surface area contributed by atoms with Gasteiger partial charge in [0, 0.05) is 6.54 Å². The SMILES string of the molecule is O=C1CC(=O)N(CCCOc2ccccc2)C(=O)N1. The fourth-order valence-corrected chi connectivity index (χ4v) is 1.73. The maximum Gasteiger partial charge on any atom is 0.330 e. The number of hydrogen-bond acceptors (Lipinski definition) is 4. The van der Waals surface area contributed by atoms with Crippen molar-refractivity contribution in [1.29, 1.82) is 0 Å². The highest BCUT2D eigenvalue weighted by Gasteiger charge is 2.29. The van der Waals surface area contributed by atoms with Crippen molar-refractivity contribution in [2.45, 2.75) is 12.8 Å². The first kappa shape index (κ1) is 13.1. The van der Waals surface area contributed by atoms with Crippen LogP contribution in [-0.4, -0.2) is 35.9 Å². The van der Waals surface area contributed by atoms with Crippen molar-refractivity contribution >= 4 is 17.8 Å². The first-order valence-electron chi connectivity index (χ1n) is 5.99. The second-order valence-electron chi connectivity index (χ2n) is 4.09. The van der Waals surface area contributed by atoms with Crippen molar-refractivity contribution in [1.82, 2.24) is 10.2 Å². The van der Waals surface area contributed by atoms with E-state index in [-0.39, 0.29) is 13.0 Å². The Kier molecular flexibility index (Phi) is 4.12. The van der Waals surface area contributed by atoms with Crippen LogP contribution in [0.5, 0.6) is 5.75 Å². The van der Waals surface area contributed by atoms with Gasteiger partial charge in [-0.1, -0.05) is 18.2 Å². The quantitative estimate of drug-likeness (QED) is 0.632. The maximum atomic E-state index is 11.5. The summed E-state index contributed by atoms with van der Waals surface area (Å²) in [5.74, 6) is -0.271. The lowest BCUT2D eigenvalue weighted by atomic mass is 10.2. The molecule has 6 nitrogen and oxygen atoms in total. The average Bonchev–Trinajstić information content (AvgIpc) is 2.38. The molecule has 1 saturated heterocycles. The van der Waals surface area contributed by atoms with Gasteiger partial charge in [0.05, 0.1) is 6.61 Å². The third-order valence-electron chi connectivity index (χ3n) is 2.64. The minimum absolute atomic E-state index is 0.241. The number of carbonyl (C=O) groups is 3. The third kappa shape index (κ3) is 3.54. The summed E-state index contributed by atoms with van der Waals surface area (Å²) in [7, 11) is 0. The van der Waals surface area contributed by atoms with Crippen LogP contribution in [0.1, 0.15) is 12.8 Å². The fraction of sp³-hybridized carbons (Fsp3) is 0.308. The number of nitrogens with one attached hydrogen (secondary N) is 1. The molecule has 1 aromatic carbocycles. The summed E-state index contributed by atoms with van der Waals surface area (Å²) in [6, 6.07) is 8.63. The molecule has 1 heterocycles. The van der Waals surface area contributed by atoms with Crippen LogP contribution in [0.2, 0.25) is 0 Å². The molecule has 4 amide bonds. The van der Waals surface area contributed by atoms with E-state index in [0.717, 1.165) is 10.6 Å². The zero-order valence-corrected chi connectivity index (χ0v) is 10.3. The zero-order valence-electron chi connectivity index (χ0n) is 10.3. The van der Waals surface area contributed by atoms with E-state index in [1.807, 2.05) is 30.3 Å². The lowest BCUT2D eigenvalue weighted by molar-refractivity contribution is -0.136. The number of para-hydroxylation sites is 1. The van der Waals surface area contributed by atoms with Crippen molar-refractivity contribution in [2.75, 3.05) is 13.2 Å². The van der Waals surface area contributed by atoms with Crippen molar-refractivity contribution < 1.29 is 19.1 Å². The van der Waals surface area contributed by atoms with Gasteiger partial charge in [0.1, 0.15) is 12.2 Å². The number of benzene rings is 1. The highest BCUT2D eigenvalue weighted by atomic mass is 16.5. The second-order valence-corrected chi connectivity index (χ2v) is 4.09. The summed E-state index contributed by atoms with van der Waals surface area (Å²) in [5.41, 5.74) is 0. The topological polar surface area (TPSA) is 75.7 Å². The van der Waals surface area contributed by atoms with Crippen LogP contribution in [-0.2, 0) is 9.59 Å². The van der Waals surface area contributed by atoms with Crippen molar-refractivity contribution in [3.63, 3.8) is 0 Å². The monoisotopic (exact) mass is 262 g/mol. The molecular formula is C13H14N2O4. The minimum Gasteiger partial charge on any atom is -0.494 e. The Hall–Kier alpha value is -2.37. The number of amides is 4. The van der Waals surface area contributed by atoms with Gasteiger partial charge in [-0.05, 0) is 18.6 Å². The van der Waals surface area contributed by atoms with Crippen LogP contribution < -0.4 is 10.1 Å². The number of barbiturate groups is 1. The molecule has 2 rings (SSSR count). The van der Waals surface area contributed by atoms with Gasteiger partial charge in [0.2, 0.25) is 11.8 Å².